The zero-order valence-electron chi connectivity index (χ0n) is 18.4. The van der Waals surface area contributed by atoms with Crippen molar-refractivity contribution < 1.29 is 14.1 Å². The summed E-state index contributed by atoms with van der Waals surface area (Å²) in [5.41, 5.74) is 0.908. The van der Waals surface area contributed by atoms with Crippen LogP contribution in [0.2, 0.25) is 5.15 Å². The molecule has 0 radical (unpaired) electrons. The number of halogens is 1. The molecule has 7 nitrogen and oxygen atoms in total. The fourth-order valence-corrected chi connectivity index (χ4v) is 4.65. The highest BCUT2D eigenvalue weighted by Crippen LogP contribution is 2.35. The molecule has 1 aliphatic carbocycles. The molecule has 31 heavy (non-hydrogen) atoms. The maximum atomic E-state index is 12.7. The number of hydrogen-bond acceptors (Lipinski definition) is 6. The van der Waals surface area contributed by atoms with E-state index < -0.39 is 11.4 Å². The SMILES string of the molecule is CC[C@H](N[S@@+]([O-])C(C)(C)C)c1cnc(OC2CN(C(=O)C3CC3)C2)c2cnc(Cl)cc12. The lowest BCUT2D eigenvalue weighted by Crippen LogP contribution is -2.56. The minimum atomic E-state index is -1.23. The first-order valence-corrected chi connectivity index (χ1v) is 12.3. The molecule has 9 heteroatoms. The quantitative estimate of drug-likeness (QED) is 0.495. The van der Waals surface area contributed by atoms with Gasteiger partial charge in [-0.15, -0.1) is 4.72 Å². The highest BCUT2D eigenvalue weighted by molar-refractivity contribution is 7.90. The van der Waals surface area contributed by atoms with E-state index in [-0.39, 0.29) is 28.7 Å². The van der Waals surface area contributed by atoms with Crippen LogP contribution < -0.4 is 9.46 Å². The Morgan fingerprint density at radius 2 is 2.03 bits per heavy atom. The third-order valence-corrected chi connectivity index (χ3v) is 7.50. The minimum Gasteiger partial charge on any atom is -0.598 e. The molecule has 0 aromatic carbocycles. The zero-order valence-corrected chi connectivity index (χ0v) is 19.9. The van der Waals surface area contributed by atoms with Gasteiger partial charge in [-0.3, -0.25) is 4.79 Å². The summed E-state index contributed by atoms with van der Waals surface area (Å²) in [6, 6.07) is 1.65. The standard InChI is InChI=1S/C22H29ClN4O3S/c1-5-18(26-31(29)22(2,3)4)16-9-25-20(17-10-24-19(23)8-15(16)17)30-14-11-27(12-14)21(28)13-6-7-13/h8-10,13-14,18,26H,5-7,11-12H2,1-4H3/t18-,31-/m0/s1. The molecule has 3 heterocycles. The molecule has 1 amide bonds. The highest BCUT2D eigenvalue weighted by atomic mass is 35.5. The van der Waals surface area contributed by atoms with Gasteiger partial charge >= 0.3 is 0 Å². The summed E-state index contributed by atoms with van der Waals surface area (Å²) >= 11 is 4.98. The molecule has 0 spiro atoms. The molecule has 0 unspecified atom stereocenters. The summed E-state index contributed by atoms with van der Waals surface area (Å²) in [5.74, 6) is 0.950. The summed E-state index contributed by atoms with van der Waals surface area (Å²) < 4.78 is 21.7. The number of aromatic nitrogens is 2. The molecule has 1 saturated heterocycles. The number of hydrogen-bond donors (Lipinski definition) is 1. The van der Waals surface area contributed by atoms with E-state index in [0.29, 0.717) is 24.1 Å². The first-order chi connectivity index (χ1) is 14.7. The molecule has 1 N–H and O–H groups in total. The Hall–Kier alpha value is -1.61. The Bertz CT molecular complexity index is 973. The summed E-state index contributed by atoms with van der Waals surface area (Å²) in [6.07, 6.45) is 6.11. The Morgan fingerprint density at radius 1 is 1.32 bits per heavy atom. The van der Waals surface area contributed by atoms with E-state index in [1.807, 2.05) is 32.6 Å². The number of ether oxygens (including phenoxy) is 1. The predicted molar refractivity (Wildman–Crippen MR) is 122 cm³/mol. The number of likely N-dealkylation sites (tertiary alicyclic amines) is 1. The van der Waals surface area contributed by atoms with E-state index in [0.717, 1.165) is 35.6 Å². The third kappa shape index (κ3) is 4.92. The van der Waals surface area contributed by atoms with Crippen LogP contribution in [0.25, 0.3) is 10.8 Å². The molecule has 0 bridgehead atoms. The molecule has 2 aliphatic rings. The van der Waals surface area contributed by atoms with Gasteiger partial charge in [-0.05, 0) is 51.5 Å². The van der Waals surface area contributed by atoms with Gasteiger partial charge in [-0.2, -0.15) is 0 Å². The fourth-order valence-electron chi connectivity index (χ4n) is 3.59. The van der Waals surface area contributed by atoms with Crippen LogP contribution >= 0.6 is 11.6 Å². The summed E-state index contributed by atoms with van der Waals surface area (Å²) in [4.78, 5) is 22.8. The molecule has 168 valence electrons. The van der Waals surface area contributed by atoms with Gasteiger partial charge < -0.3 is 14.2 Å². The number of nitrogens with one attached hydrogen (secondary N) is 1. The largest absolute Gasteiger partial charge is 0.598 e. The molecule has 2 fully saturated rings. The van der Waals surface area contributed by atoms with E-state index in [9.17, 15) is 9.35 Å². The monoisotopic (exact) mass is 464 g/mol. The molecule has 2 aromatic heterocycles. The van der Waals surface area contributed by atoms with E-state index in [1.54, 1.807) is 18.5 Å². The van der Waals surface area contributed by atoms with Crippen LogP contribution in [0.15, 0.2) is 18.5 Å². The van der Waals surface area contributed by atoms with Gasteiger partial charge in [-0.25, -0.2) is 9.97 Å². The van der Waals surface area contributed by atoms with Crippen LogP contribution in [0.4, 0.5) is 0 Å². The summed E-state index contributed by atoms with van der Waals surface area (Å²) in [7, 11) is 0. The van der Waals surface area contributed by atoms with Crippen LogP contribution in [0, 0.1) is 5.92 Å². The Balaban J connectivity index is 1.56. The van der Waals surface area contributed by atoms with Crippen molar-refractivity contribution in [3.05, 3.63) is 29.2 Å². The molecule has 4 rings (SSSR count). The van der Waals surface area contributed by atoms with Crippen molar-refractivity contribution in [1.82, 2.24) is 19.6 Å². The second-order valence-electron chi connectivity index (χ2n) is 9.29. The van der Waals surface area contributed by atoms with Crippen molar-refractivity contribution in [2.45, 2.75) is 63.9 Å². The van der Waals surface area contributed by atoms with Crippen LogP contribution in [-0.4, -0.2) is 49.3 Å². The highest BCUT2D eigenvalue weighted by Gasteiger charge is 2.40. The van der Waals surface area contributed by atoms with Crippen LogP contribution in [0.1, 0.15) is 58.6 Å². The lowest BCUT2D eigenvalue weighted by atomic mass is 10.0. The second kappa shape index (κ2) is 8.73. The molecule has 2 atom stereocenters. The fraction of sp³-hybridized carbons (Fsp3) is 0.591. The van der Waals surface area contributed by atoms with Gasteiger partial charge in [0.2, 0.25) is 11.8 Å². The topological polar surface area (TPSA) is 90.4 Å². The van der Waals surface area contributed by atoms with Crippen LogP contribution in [-0.2, 0) is 16.2 Å². The number of carbonyl (C=O) groups is 1. The lowest BCUT2D eigenvalue weighted by Gasteiger charge is -2.39. The summed E-state index contributed by atoms with van der Waals surface area (Å²) in [6.45, 7) is 9.03. The Labute approximate surface area is 191 Å². The van der Waals surface area contributed by atoms with Crippen molar-refractivity contribution in [3.63, 3.8) is 0 Å². The smallest absolute Gasteiger partial charge is 0.225 e. The van der Waals surface area contributed by atoms with E-state index >= 15 is 0 Å². The van der Waals surface area contributed by atoms with Crippen molar-refractivity contribution in [3.8, 4) is 5.88 Å². The van der Waals surface area contributed by atoms with Gasteiger partial charge in [-0.1, -0.05) is 18.5 Å². The number of pyridine rings is 2. The maximum absolute atomic E-state index is 12.7. The van der Waals surface area contributed by atoms with Crippen molar-refractivity contribution in [1.29, 1.82) is 0 Å². The van der Waals surface area contributed by atoms with Crippen LogP contribution in [0.5, 0.6) is 5.88 Å². The van der Waals surface area contributed by atoms with Crippen molar-refractivity contribution >= 4 is 39.6 Å². The second-order valence-corrected chi connectivity index (χ2v) is 11.7. The number of carbonyl (C=O) groups excluding carboxylic acids is 1. The third-order valence-electron chi connectivity index (χ3n) is 5.69. The maximum Gasteiger partial charge on any atom is 0.225 e. The first kappa shape index (κ1) is 22.6. The van der Waals surface area contributed by atoms with Crippen LogP contribution in [0.3, 0.4) is 0 Å². The normalized spacial score (nSPS) is 19.2. The number of rotatable bonds is 7. The van der Waals surface area contributed by atoms with Gasteiger partial charge in [0, 0.05) is 35.2 Å². The predicted octanol–water partition coefficient (Wildman–Crippen LogP) is 3.79. The number of amides is 1. The van der Waals surface area contributed by atoms with Gasteiger partial charge in [0.25, 0.3) is 0 Å². The molecule has 1 aliphatic heterocycles. The molecular weight excluding hydrogens is 436 g/mol. The molecule has 1 saturated carbocycles. The number of fused-ring (bicyclic) bond motifs is 1. The van der Waals surface area contributed by atoms with E-state index in [1.165, 1.54) is 0 Å². The minimum absolute atomic E-state index is 0.0755. The molecular formula is C22H29ClN4O3S. The number of nitrogens with zero attached hydrogens (tertiary/aromatic N) is 3. The van der Waals surface area contributed by atoms with Crippen molar-refractivity contribution in [2.24, 2.45) is 5.92 Å². The average molecular weight is 465 g/mol. The van der Waals surface area contributed by atoms with Gasteiger partial charge in [0.05, 0.1) is 24.5 Å². The van der Waals surface area contributed by atoms with E-state index in [2.05, 4.69) is 14.7 Å². The lowest BCUT2D eigenvalue weighted by molar-refractivity contribution is -0.141. The molecule has 2 aromatic rings. The average Bonchev–Trinajstić information content (AvgIpc) is 3.52. The zero-order chi connectivity index (χ0) is 22.3. The van der Waals surface area contributed by atoms with Gasteiger partial charge in [0.1, 0.15) is 16.0 Å². The Morgan fingerprint density at radius 3 is 2.65 bits per heavy atom. The first-order valence-electron chi connectivity index (χ1n) is 10.7. The Kier molecular flexibility index (Phi) is 6.36. The summed E-state index contributed by atoms with van der Waals surface area (Å²) in [5, 5.41) is 2.01. The van der Waals surface area contributed by atoms with E-state index in [4.69, 9.17) is 16.3 Å². The van der Waals surface area contributed by atoms with Crippen molar-refractivity contribution in [2.75, 3.05) is 13.1 Å². The van der Waals surface area contributed by atoms with Gasteiger partial charge in [0.15, 0.2) is 0 Å².